The molecule has 0 amide bonds. The van der Waals surface area contributed by atoms with Gasteiger partial charge in [-0.1, -0.05) is 48.8 Å². The van der Waals surface area contributed by atoms with Crippen LogP contribution in [-0.4, -0.2) is 24.4 Å². The molecule has 3 aromatic rings. The van der Waals surface area contributed by atoms with E-state index in [4.69, 9.17) is 9.47 Å². The average Bonchev–Trinajstić information content (AvgIpc) is 2.89. The molecule has 0 bridgehead atoms. The molecule has 1 N–H and O–H groups in total. The minimum atomic E-state index is 0.364. The van der Waals surface area contributed by atoms with Crippen molar-refractivity contribution in [2.24, 2.45) is 10.9 Å². The van der Waals surface area contributed by atoms with E-state index in [0.29, 0.717) is 11.8 Å². The number of benzene rings is 2. The number of nitrogens with one attached hydrogen (secondary N) is 1. The highest BCUT2D eigenvalue weighted by atomic mass is 79.9. The Kier molecular flexibility index (Phi) is 10.6. The first-order valence-electron chi connectivity index (χ1n) is 12.4. The van der Waals surface area contributed by atoms with Crippen molar-refractivity contribution in [3.8, 4) is 11.5 Å². The van der Waals surface area contributed by atoms with Crippen LogP contribution in [0.5, 0.6) is 11.5 Å². The average molecular weight is 551 g/mol. The van der Waals surface area contributed by atoms with Gasteiger partial charge in [-0.05, 0) is 79.6 Å². The Morgan fingerprint density at radius 1 is 1.17 bits per heavy atom. The lowest BCUT2D eigenvalue weighted by atomic mass is 9.91. The number of allylic oxidation sites excluding steroid dienone is 1. The van der Waals surface area contributed by atoms with Gasteiger partial charge in [0.2, 0.25) is 0 Å². The normalized spacial score (nSPS) is 15.1. The molecule has 1 aliphatic rings. The molecule has 0 saturated carbocycles. The van der Waals surface area contributed by atoms with E-state index in [1.54, 1.807) is 19.5 Å². The standard InChI is InChI=1S/C18H21NO2.C12H15BrN2/c1-3-13-10-11-21-18-12-15(6-9-17(13)18)19-14-4-7-16(20-2)8-5-14;1-4-6-15-12(9(2)3)11-8-10(13)5-7-14-11/h4-9,12-13,19H,3,10-11H2,1-2H3;4-9H,1-3H3/b;6-4-,15-12?. The fourth-order valence-electron chi connectivity index (χ4n) is 4.02. The van der Waals surface area contributed by atoms with E-state index in [1.165, 1.54) is 12.0 Å². The summed E-state index contributed by atoms with van der Waals surface area (Å²) in [4.78, 5) is 8.73. The van der Waals surface area contributed by atoms with Crippen LogP contribution in [-0.2, 0) is 0 Å². The first-order chi connectivity index (χ1) is 17.4. The van der Waals surface area contributed by atoms with Gasteiger partial charge in [0.05, 0.1) is 25.1 Å². The third-order valence-electron chi connectivity index (χ3n) is 5.94. The summed E-state index contributed by atoms with van der Waals surface area (Å²) in [7, 11) is 1.67. The third-order valence-corrected chi connectivity index (χ3v) is 6.44. The first-order valence-corrected chi connectivity index (χ1v) is 13.2. The molecule has 0 aliphatic carbocycles. The number of pyridine rings is 1. The van der Waals surface area contributed by atoms with E-state index in [-0.39, 0.29) is 0 Å². The predicted molar refractivity (Wildman–Crippen MR) is 154 cm³/mol. The molecule has 6 heteroatoms. The monoisotopic (exact) mass is 549 g/mol. The summed E-state index contributed by atoms with van der Waals surface area (Å²) in [6.07, 6.45) is 7.79. The van der Waals surface area contributed by atoms with Crippen LogP contribution in [0.25, 0.3) is 0 Å². The van der Waals surface area contributed by atoms with E-state index < -0.39 is 0 Å². The van der Waals surface area contributed by atoms with Gasteiger partial charge >= 0.3 is 0 Å². The highest BCUT2D eigenvalue weighted by Crippen LogP contribution is 2.37. The summed E-state index contributed by atoms with van der Waals surface area (Å²) in [5.74, 6) is 2.87. The molecule has 1 aliphatic heterocycles. The Bertz CT molecular complexity index is 1170. The van der Waals surface area contributed by atoms with Crippen LogP contribution in [0.2, 0.25) is 0 Å². The van der Waals surface area contributed by atoms with Crippen molar-refractivity contribution in [2.75, 3.05) is 19.0 Å². The molecular weight excluding hydrogens is 514 g/mol. The fraction of sp³-hybridized carbons (Fsp3) is 0.333. The molecule has 0 fully saturated rings. The number of ether oxygens (including phenoxy) is 2. The number of fused-ring (bicyclic) bond motifs is 1. The van der Waals surface area contributed by atoms with Crippen molar-refractivity contribution in [3.05, 3.63) is 88.8 Å². The molecular formula is C30H36BrN3O2. The Balaban J connectivity index is 0.000000214. The maximum Gasteiger partial charge on any atom is 0.124 e. The third kappa shape index (κ3) is 7.69. The number of halogens is 1. The number of methoxy groups -OCH3 is 1. The van der Waals surface area contributed by atoms with Gasteiger partial charge in [-0.3, -0.25) is 9.98 Å². The SMILES string of the molecule is C/C=C\N=C(c1cc(Br)ccn1)C(C)C.CCC1CCOc2cc(Nc3ccc(OC)cc3)ccc21. The number of hydrogen-bond acceptors (Lipinski definition) is 5. The zero-order valence-corrected chi connectivity index (χ0v) is 23.4. The smallest absolute Gasteiger partial charge is 0.124 e. The van der Waals surface area contributed by atoms with Crippen molar-refractivity contribution in [1.82, 2.24) is 4.98 Å². The molecule has 1 unspecified atom stereocenters. The lowest BCUT2D eigenvalue weighted by molar-refractivity contribution is 0.265. The van der Waals surface area contributed by atoms with Crippen LogP contribution >= 0.6 is 15.9 Å². The molecule has 4 rings (SSSR count). The number of rotatable bonds is 7. The lowest BCUT2D eigenvalue weighted by Gasteiger charge is -2.25. The van der Waals surface area contributed by atoms with Gasteiger partial charge in [0.25, 0.3) is 0 Å². The van der Waals surface area contributed by atoms with Crippen molar-refractivity contribution < 1.29 is 9.47 Å². The number of hydrogen-bond donors (Lipinski definition) is 1. The zero-order chi connectivity index (χ0) is 25.9. The minimum Gasteiger partial charge on any atom is -0.497 e. The quantitative estimate of drug-likeness (QED) is 0.300. The molecule has 1 atom stereocenters. The van der Waals surface area contributed by atoms with Gasteiger partial charge < -0.3 is 14.8 Å². The van der Waals surface area contributed by atoms with E-state index in [9.17, 15) is 0 Å². The first kappa shape index (κ1) is 27.5. The van der Waals surface area contributed by atoms with Gasteiger partial charge in [-0.25, -0.2) is 0 Å². The Labute approximate surface area is 223 Å². The largest absolute Gasteiger partial charge is 0.497 e. The molecule has 1 aromatic heterocycles. The van der Waals surface area contributed by atoms with E-state index >= 15 is 0 Å². The maximum absolute atomic E-state index is 5.81. The van der Waals surface area contributed by atoms with E-state index in [0.717, 1.165) is 51.8 Å². The van der Waals surface area contributed by atoms with Gasteiger partial charge in [0.15, 0.2) is 0 Å². The summed E-state index contributed by atoms with van der Waals surface area (Å²) in [5.41, 5.74) is 5.37. The summed E-state index contributed by atoms with van der Waals surface area (Å²) in [5, 5.41) is 3.40. The van der Waals surface area contributed by atoms with Crippen LogP contribution in [0.4, 0.5) is 11.4 Å². The van der Waals surface area contributed by atoms with Crippen LogP contribution in [0.3, 0.4) is 0 Å². The second-order valence-electron chi connectivity index (χ2n) is 8.86. The van der Waals surface area contributed by atoms with E-state index in [1.807, 2.05) is 49.4 Å². The lowest BCUT2D eigenvalue weighted by Crippen LogP contribution is -2.13. The summed E-state index contributed by atoms with van der Waals surface area (Å²) >= 11 is 3.43. The van der Waals surface area contributed by atoms with Crippen molar-refractivity contribution in [1.29, 1.82) is 0 Å². The topological polar surface area (TPSA) is 55.7 Å². The Hall–Kier alpha value is -3.12. The number of aromatic nitrogens is 1. The van der Waals surface area contributed by atoms with Crippen LogP contribution in [0.1, 0.15) is 57.7 Å². The second kappa shape index (κ2) is 13.8. The maximum atomic E-state index is 5.81. The molecule has 2 aromatic carbocycles. The summed E-state index contributed by atoms with van der Waals surface area (Å²) in [6.45, 7) is 9.24. The summed E-state index contributed by atoms with van der Waals surface area (Å²) in [6, 6.07) is 18.2. The van der Waals surface area contributed by atoms with Gasteiger partial charge in [0, 0.05) is 34.3 Å². The number of anilines is 2. The predicted octanol–water partition coefficient (Wildman–Crippen LogP) is 8.54. The molecule has 190 valence electrons. The van der Waals surface area contributed by atoms with Gasteiger partial charge in [-0.2, -0.15) is 0 Å². The van der Waals surface area contributed by atoms with Gasteiger partial charge in [-0.15, -0.1) is 0 Å². The van der Waals surface area contributed by atoms with Gasteiger partial charge in [0.1, 0.15) is 11.5 Å². The Morgan fingerprint density at radius 2 is 1.92 bits per heavy atom. The highest BCUT2D eigenvalue weighted by Gasteiger charge is 2.20. The molecule has 0 spiro atoms. The summed E-state index contributed by atoms with van der Waals surface area (Å²) < 4.78 is 12.0. The van der Waals surface area contributed by atoms with Crippen LogP contribution in [0.15, 0.2) is 82.5 Å². The molecule has 2 heterocycles. The van der Waals surface area contributed by atoms with Crippen molar-refractivity contribution in [3.63, 3.8) is 0 Å². The fourth-order valence-corrected chi connectivity index (χ4v) is 4.35. The molecule has 5 nitrogen and oxygen atoms in total. The molecule has 0 radical (unpaired) electrons. The highest BCUT2D eigenvalue weighted by molar-refractivity contribution is 9.10. The van der Waals surface area contributed by atoms with E-state index in [2.05, 4.69) is 70.2 Å². The molecule has 0 saturated heterocycles. The van der Waals surface area contributed by atoms with Crippen molar-refractivity contribution in [2.45, 2.75) is 46.5 Å². The van der Waals surface area contributed by atoms with Crippen LogP contribution in [0, 0.1) is 5.92 Å². The number of nitrogens with zero attached hydrogens (tertiary/aromatic N) is 2. The zero-order valence-electron chi connectivity index (χ0n) is 21.8. The second-order valence-corrected chi connectivity index (χ2v) is 9.77. The van der Waals surface area contributed by atoms with Crippen LogP contribution < -0.4 is 14.8 Å². The minimum absolute atomic E-state index is 0.364. The molecule has 36 heavy (non-hydrogen) atoms. The Morgan fingerprint density at radius 3 is 2.56 bits per heavy atom. The van der Waals surface area contributed by atoms with Crippen molar-refractivity contribution >= 4 is 33.0 Å². The number of aliphatic imine (C=N–C) groups is 1.